The molecule has 0 aromatic carbocycles. The predicted octanol–water partition coefficient (Wildman–Crippen LogP) is 5.81. The molecule has 0 aromatic rings. The molecular formula is C17H35N. The van der Waals surface area contributed by atoms with Gasteiger partial charge in [0.2, 0.25) is 0 Å². The van der Waals surface area contributed by atoms with Gasteiger partial charge in [-0.2, -0.15) is 0 Å². The highest BCUT2D eigenvalue weighted by Crippen LogP contribution is 2.22. The molecule has 0 bridgehead atoms. The zero-order valence-electron chi connectivity index (χ0n) is 14.0. The molecule has 0 atom stereocenters. The van der Waals surface area contributed by atoms with Crippen LogP contribution in [0.1, 0.15) is 61.3 Å². The van der Waals surface area contributed by atoms with Gasteiger partial charge in [0.15, 0.2) is 0 Å². The normalized spacial score (nSPS) is 13.7. The molecule has 0 saturated heterocycles. The van der Waals surface area contributed by atoms with Crippen LogP contribution in [0.4, 0.5) is 0 Å². The molecule has 108 valence electrons. The third-order valence-corrected chi connectivity index (χ3v) is 2.25. The van der Waals surface area contributed by atoms with Crippen molar-refractivity contribution in [3.05, 3.63) is 36.1 Å². The minimum Gasteiger partial charge on any atom is -0.374 e. The molecule has 0 fully saturated rings. The van der Waals surface area contributed by atoms with E-state index in [0.29, 0.717) is 0 Å². The summed E-state index contributed by atoms with van der Waals surface area (Å²) < 4.78 is 0. The van der Waals surface area contributed by atoms with Gasteiger partial charge in [0, 0.05) is 19.3 Å². The van der Waals surface area contributed by atoms with Gasteiger partial charge in [0.05, 0.1) is 0 Å². The molecule has 0 unspecified atom stereocenters. The van der Waals surface area contributed by atoms with Crippen molar-refractivity contribution in [2.75, 3.05) is 13.6 Å². The largest absolute Gasteiger partial charge is 0.374 e. The Labute approximate surface area is 116 Å². The molecule has 1 aliphatic heterocycles. The highest BCUT2D eigenvalue weighted by atomic mass is 15.1. The molecule has 0 amide bonds. The Morgan fingerprint density at radius 1 is 1.06 bits per heavy atom. The Bertz CT molecular complexity index is 224. The number of rotatable bonds is 2. The average Bonchev–Trinajstić information content (AvgIpc) is 2.48. The molecule has 0 radical (unpaired) electrons. The van der Waals surface area contributed by atoms with E-state index in [2.05, 4.69) is 37.6 Å². The number of allylic oxidation sites excluding steroid dienone is 4. The molecule has 0 saturated carbocycles. The first kappa shape index (κ1) is 22.2. The zero-order valence-corrected chi connectivity index (χ0v) is 14.0. The van der Waals surface area contributed by atoms with E-state index in [0.717, 1.165) is 6.54 Å². The van der Waals surface area contributed by atoms with E-state index in [-0.39, 0.29) is 0 Å². The Morgan fingerprint density at radius 3 is 1.94 bits per heavy atom. The topological polar surface area (TPSA) is 3.24 Å². The predicted molar refractivity (Wildman–Crippen MR) is 87.9 cm³/mol. The van der Waals surface area contributed by atoms with E-state index in [4.69, 9.17) is 0 Å². The van der Waals surface area contributed by atoms with E-state index in [1.807, 2.05) is 47.6 Å². The standard InChI is InChI=1S/C11H17N.3C2H6/c1-4-7-11-10(5-2)8-6-9-12(11)3;3*1-2/h4-5,7H,2,6,8-9H2,1,3H3;3*1-2H3/b7-4-;;;. The summed E-state index contributed by atoms with van der Waals surface area (Å²) in [5.74, 6) is 0. The van der Waals surface area contributed by atoms with Crippen LogP contribution in [0.3, 0.4) is 0 Å². The van der Waals surface area contributed by atoms with Gasteiger partial charge >= 0.3 is 0 Å². The molecule has 0 aliphatic carbocycles. The van der Waals surface area contributed by atoms with Gasteiger partial charge in [-0.25, -0.2) is 0 Å². The monoisotopic (exact) mass is 253 g/mol. The Balaban J connectivity index is -0.000000328. The summed E-state index contributed by atoms with van der Waals surface area (Å²) in [6.45, 7) is 19.0. The quantitative estimate of drug-likeness (QED) is 0.600. The van der Waals surface area contributed by atoms with Crippen LogP contribution in [0.2, 0.25) is 0 Å². The number of likely N-dealkylation sites (N-methyl/N-ethyl adjacent to an activating group) is 1. The molecule has 1 heterocycles. The van der Waals surface area contributed by atoms with Crippen LogP contribution in [0.25, 0.3) is 0 Å². The van der Waals surface area contributed by atoms with Crippen LogP contribution in [-0.2, 0) is 0 Å². The van der Waals surface area contributed by atoms with E-state index in [1.165, 1.54) is 24.1 Å². The average molecular weight is 253 g/mol. The fourth-order valence-electron chi connectivity index (χ4n) is 1.60. The number of nitrogens with zero attached hydrogens (tertiary/aromatic N) is 1. The lowest BCUT2D eigenvalue weighted by molar-refractivity contribution is 0.394. The van der Waals surface area contributed by atoms with Crippen molar-refractivity contribution in [2.45, 2.75) is 61.3 Å². The van der Waals surface area contributed by atoms with Crippen molar-refractivity contribution < 1.29 is 0 Å². The van der Waals surface area contributed by atoms with E-state index in [9.17, 15) is 0 Å². The molecular weight excluding hydrogens is 218 g/mol. The van der Waals surface area contributed by atoms with Crippen molar-refractivity contribution in [1.29, 1.82) is 0 Å². The Morgan fingerprint density at radius 2 is 1.56 bits per heavy atom. The van der Waals surface area contributed by atoms with Crippen LogP contribution in [0.15, 0.2) is 36.1 Å². The van der Waals surface area contributed by atoms with Gasteiger partial charge < -0.3 is 4.90 Å². The molecule has 18 heavy (non-hydrogen) atoms. The van der Waals surface area contributed by atoms with Crippen LogP contribution >= 0.6 is 0 Å². The van der Waals surface area contributed by atoms with E-state index >= 15 is 0 Å². The first-order valence-corrected chi connectivity index (χ1v) is 7.49. The van der Waals surface area contributed by atoms with E-state index < -0.39 is 0 Å². The van der Waals surface area contributed by atoms with Gasteiger partial charge in [-0.1, -0.05) is 60.3 Å². The second-order valence-electron chi connectivity index (χ2n) is 3.14. The maximum absolute atomic E-state index is 3.83. The van der Waals surface area contributed by atoms with Crippen molar-refractivity contribution >= 4 is 0 Å². The van der Waals surface area contributed by atoms with Crippen molar-refractivity contribution in [3.8, 4) is 0 Å². The lowest BCUT2D eigenvalue weighted by Crippen LogP contribution is -2.23. The van der Waals surface area contributed by atoms with Gasteiger partial charge in [-0.05, 0) is 31.4 Å². The molecule has 0 spiro atoms. The summed E-state index contributed by atoms with van der Waals surface area (Å²) in [5, 5.41) is 0. The van der Waals surface area contributed by atoms with Crippen LogP contribution < -0.4 is 0 Å². The molecule has 1 nitrogen and oxygen atoms in total. The Kier molecular flexibility index (Phi) is 22.7. The summed E-state index contributed by atoms with van der Waals surface area (Å²) in [4.78, 5) is 2.29. The van der Waals surface area contributed by atoms with Crippen molar-refractivity contribution in [2.24, 2.45) is 0 Å². The smallest absolute Gasteiger partial charge is 0.0392 e. The minimum absolute atomic E-state index is 1.16. The number of hydrogen-bond acceptors (Lipinski definition) is 1. The van der Waals surface area contributed by atoms with Gasteiger partial charge in [0.25, 0.3) is 0 Å². The minimum atomic E-state index is 1.16. The van der Waals surface area contributed by atoms with Crippen molar-refractivity contribution in [3.63, 3.8) is 0 Å². The van der Waals surface area contributed by atoms with Crippen LogP contribution in [0.5, 0.6) is 0 Å². The SMILES string of the molecule is C=CC1=C(/C=C\C)N(C)CCC1.CC.CC.CC. The molecule has 0 N–H and O–H groups in total. The van der Waals surface area contributed by atoms with Gasteiger partial charge in [-0.3, -0.25) is 0 Å². The highest BCUT2D eigenvalue weighted by molar-refractivity contribution is 5.32. The maximum atomic E-state index is 3.83. The van der Waals surface area contributed by atoms with Crippen LogP contribution in [0, 0.1) is 0 Å². The lowest BCUT2D eigenvalue weighted by Gasteiger charge is -2.27. The second kappa shape index (κ2) is 18.4. The first-order chi connectivity index (χ1) is 8.79. The molecule has 1 rings (SSSR count). The summed E-state index contributed by atoms with van der Waals surface area (Å²) in [6.07, 6.45) is 8.65. The third-order valence-electron chi connectivity index (χ3n) is 2.25. The third kappa shape index (κ3) is 9.09. The van der Waals surface area contributed by atoms with Crippen molar-refractivity contribution in [1.82, 2.24) is 4.90 Å². The lowest BCUT2D eigenvalue weighted by atomic mass is 10.0. The maximum Gasteiger partial charge on any atom is 0.0392 e. The Hall–Kier alpha value is -0.980. The fourth-order valence-corrected chi connectivity index (χ4v) is 1.60. The summed E-state index contributed by atoms with van der Waals surface area (Å²) in [5.41, 5.74) is 2.71. The molecule has 1 heteroatoms. The fraction of sp³-hybridized carbons (Fsp3) is 0.647. The first-order valence-electron chi connectivity index (χ1n) is 7.49. The summed E-state index contributed by atoms with van der Waals surface area (Å²) in [7, 11) is 2.14. The molecule has 0 aromatic heterocycles. The summed E-state index contributed by atoms with van der Waals surface area (Å²) in [6, 6.07) is 0. The van der Waals surface area contributed by atoms with Gasteiger partial charge in [-0.15, -0.1) is 0 Å². The number of hydrogen-bond donors (Lipinski definition) is 0. The zero-order chi connectivity index (χ0) is 15.0. The second-order valence-corrected chi connectivity index (χ2v) is 3.14. The van der Waals surface area contributed by atoms with Gasteiger partial charge in [0.1, 0.15) is 0 Å². The summed E-state index contributed by atoms with van der Waals surface area (Å²) >= 11 is 0. The highest BCUT2D eigenvalue weighted by Gasteiger charge is 2.11. The van der Waals surface area contributed by atoms with E-state index in [1.54, 1.807) is 0 Å². The van der Waals surface area contributed by atoms with Crippen LogP contribution in [-0.4, -0.2) is 18.5 Å². The molecule has 1 aliphatic rings.